The van der Waals surface area contributed by atoms with E-state index in [1.807, 2.05) is 0 Å². The zero-order valence-corrected chi connectivity index (χ0v) is 10.6. The molecule has 2 atom stereocenters. The van der Waals surface area contributed by atoms with Crippen molar-refractivity contribution in [3.05, 3.63) is 0 Å². The quantitative estimate of drug-likeness (QED) is 0.512. The molecule has 0 fully saturated rings. The number of aliphatic hydroxyl groups is 2. The summed E-state index contributed by atoms with van der Waals surface area (Å²) in [7, 11) is 0. The molecule has 0 aromatic heterocycles. The number of aliphatic hydroxyl groups excluding tert-OH is 2. The summed E-state index contributed by atoms with van der Waals surface area (Å²) in [5.74, 6) is -2.87. The smallest absolute Gasteiger partial charge is 0.547 e. The van der Waals surface area contributed by atoms with Crippen LogP contribution in [0.4, 0.5) is 0 Å². The van der Waals surface area contributed by atoms with Crippen LogP contribution in [0.5, 0.6) is 0 Å². The number of carboxylic acid groups (broad SMARTS) is 2. The Morgan fingerprint density at radius 2 is 1.00 bits per heavy atom. The Labute approximate surface area is 105 Å². The molecule has 0 rings (SSSR count). The van der Waals surface area contributed by atoms with E-state index in [1.54, 1.807) is 0 Å². The Kier molecular flexibility index (Phi) is 31.5. The molecule has 0 heterocycles. The topological polar surface area (TPSA) is 184 Å². The largest absolute Gasteiger partial charge is 2.00 e. The van der Waals surface area contributed by atoms with E-state index in [9.17, 15) is 19.8 Å². The van der Waals surface area contributed by atoms with Crippen molar-refractivity contribution in [2.45, 2.75) is 26.1 Å². The molecule has 6 N–H and O–H groups in total. The van der Waals surface area contributed by atoms with Gasteiger partial charge in [-0.15, -0.1) is 0 Å². The molecular formula is C6H14O8Zr. The summed E-state index contributed by atoms with van der Waals surface area (Å²) in [5.41, 5.74) is 0. The second kappa shape index (κ2) is 16.1. The average Bonchev–Trinajstić information content (AvgIpc) is 1.88. The zero-order chi connectivity index (χ0) is 10.3. The van der Waals surface area contributed by atoms with Crippen LogP contribution in [-0.2, 0) is 35.8 Å². The Balaban J connectivity index is -0.0000000370. The summed E-state index contributed by atoms with van der Waals surface area (Å²) in [6.45, 7) is 2.27. The van der Waals surface area contributed by atoms with E-state index in [0.29, 0.717) is 0 Å². The van der Waals surface area contributed by atoms with Crippen LogP contribution in [-0.4, -0.2) is 45.3 Å². The van der Waals surface area contributed by atoms with E-state index in [1.165, 1.54) is 0 Å². The summed E-state index contributed by atoms with van der Waals surface area (Å²) >= 11 is 0. The van der Waals surface area contributed by atoms with Crippen molar-refractivity contribution >= 4 is 11.9 Å². The van der Waals surface area contributed by atoms with Gasteiger partial charge in [0.2, 0.25) is 0 Å². The first-order chi connectivity index (χ1) is 5.29. The van der Waals surface area contributed by atoms with Crippen molar-refractivity contribution < 1.29 is 67.2 Å². The summed E-state index contributed by atoms with van der Waals surface area (Å²) in [6, 6.07) is 0. The zero-order valence-electron chi connectivity index (χ0n) is 8.18. The number of carbonyl (C=O) groups excluding carboxylic acids is 2. The van der Waals surface area contributed by atoms with Crippen molar-refractivity contribution in [1.29, 1.82) is 0 Å². The Bertz CT molecular complexity index is 139. The van der Waals surface area contributed by atoms with Crippen LogP contribution in [0, 0.1) is 0 Å². The summed E-state index contributed by atoms with van der Waals surface area (Å²) in [5, 5.41) is 34.6. The van der Waals surface area contributed by atoms with Crippen molar-refractivity contribution in [2.24, 2.45) is 0 Å². The van der Waals surface area contributed by atoms with E-state index < -0.39 is 24.1 Å². The normalized spacial score (nSPS) is 10.9. The van der Waals surface area contributed by atoms with Crippen molar-refractivity contribution in [3.63, 3.8) is 0 Å². The first kappa shape index (κ1) is 29.3. The molecule has 90 valence electrons. The van der Waals surface area contributed by atoms with Gasteiger partial charge in [-0.1, -0.05) is 0 Å². The van der Waals surface area contributed by atoms with Gasteiger partial charge in [-0.3, -0.25) is 0 Å². The van der Waals surface area contributed by atoms with Crippen molar-refractivity contribution in [2.75, 3.05) is 0 Å². The minimum Gasteiger partial charge on any atom is -0.547 e. The van der Waals surface area contributed by atoms with Gasteiger partial charge in [-0.2, -0.15) is 0 Å². The number of carbonyl (C=O) groups is 2. The third-order valence-corrected chi connectivity index (χ3v) is 0.682. The molecule has 0 bridgehead atoms. The molecule has 0 aliphatic rings. The van der Waals surface area contributed by atoms with Crippen LogP contribution in [0.1, 0.15) is 13.8 Å². The van der Waals surface area contributed by atoms with Crippen LogP contribution in [0.2, 0.25) is 0 Å². The fourth-order valence-corrected chi connectivity index (χ4v) is 0. The minimum atomic E-state index is -1.44. The molecule has 15 heavy (non-hydrogen) atoms. The van der Waals surface area contributed by atoms with Gasteiger partial charge in [-0.25, -0.2) is 0 Å². The van der Waals surface area contributed by atoms with Gasteiger partial charge in [0, 0.05) is 0 Å². The minimum absolute atomic E-state index is 0. The molecule has 2 unspecified atom stereocenters. The Morgan fingerprint density at radius 1 is 0.933 bits per heavy atom. The van der Waals surface area contributed by atoms with Crippen LogP contribution < -0.4 is 10.2 Å². The number of aliphatic carboxylic acids is 2. The van der Waals surface area contributed by atoms with E-state index >= 15 is 0 Å². The maximum absolute atomic E-state index is 9.34. The number of hydrogen-bond donors (Lipinski definition) is 2. The maximum atomic E-state index is 9.34. The summed E-state index contributed by atoms with van der Waals surface area (Å²) in [4.78, 5) is 18.7. The molecule has 0 spiro atoms. The van der Waals surface area contributed by atoms with Gasteiger partial charge in [0.25, 0.3) is 0 Å². The first-order valence-electron chi connectivity index (χ1n) is 3.06. The Morgan fingerprint density at radius 3 is 1.00 bits per heavy atom. The van der Waals surface area contributed by atoms with Crippen molar-refractivity contribution in [1.82, 2.24) is 0 Å². The van der Waals surface area contributed by atoms with Crippen molar-refractivity contribution in [3.8, 4) is 0 Å². The standard InChI is InChI=1S/2C3H6O3.2H2O.Zr/c2*1-2(4)3(5)6;;;/h2*2,4H,1H3,(H,5,6);2*1H2;/q;;;;+2/p-2. The Hall–Kier alpha value is -0.337. The summed E-state index contributed by atoms with van der Waals surface area (Å²) < 4.78 is 0. The third-order valence-electron chi connectivity index (χ3n) is 0.682. The molecule has 9 heteroatoms. The SMILES string of the molecule is CC(O)C(=O)[O-].CC(O)C(=O)[O-].O.O.[Zr+2]. The molecular weight excluding hydrogens is 291 g/mol. The predicted octanol–water partition coefficient (Wildman–Crippen LogP) is -5.42. The molecule has 0 aliphatic carbocycles. The van der Waals surface area contributed by atoms with Gasteiger partial charge in [0.05, 0.1) is 24.1 Å². The molecule has 0 saturated heterocycles. The van der Waals surface area contributed by atoms with Crippen LogP contribution >= 0.6 is 0 Å². The number of hydrogen-bond acceptors (Lipinski definition) is 6. The molecule has 0 amide bonds. The number of carboxylic acids is 2. The third kappa shape index (κ3) is 31.6. The molecule has 0 aliphatic heterocycles. The monoisotopic (exact) mass is 304 g/mol. The van der Waals surface area contributed by atoms with Gasteiger partial charge in [0.1, 0.15) is 0 Å². The summed E-state index contributed by atoms with van der Waals surface area (Å²) in [6.07, 6.45) is -2.69. The molecule has 0 aromatic carbocycles. The molecule has 0 aromatic rings. The second-order valence-corrected chi connectivity index (χ2v) is 1.99. The molecule has 0 radical (unpaired) electrons. The fourth-order valence-electron chi connectivity index (χ4n) is 0. The maximum Gasteiger partial charge on any atom is 2.00 e. The van der Waals surface area contributed by atoms with Crippen LogP contribution in [0.25, 0.3) is 0 Å². The van der Waals surface area contributed by atoms with E-state index in [0.717, 1.165) is 13.8 Å². The van der Waals surface area contributed by atoms with Crippen LogP contribution in [0.15, 0.2) is 0 Å². The second-order valence-electron chi connectivity index (χ2n) is 1.99. The molecule has 8 nitrogen and oxygen atoms in total. The van der Waals surface area contributed by atoms with E-state index in [-0.39, 0.29) is 37.2 Å². The van der Waals surface area contributed by atoms with E-state index in [2.05, 4.69) is 0 Å². The van der Waals surface area contributed by atoms with E-state index in [4.69, 9.17) is 10.2 Å². The van der Waals surface area contributed by atoms with Gasteiger partial charge >= 0.3 is 26.2 Å². The van der Waals surface area contributed by atoms with Gasteiger partial charge in [0.15, 0.2) is 0 Å². The average molecular weight is 305 g/mol. The fraction of sp³-hybridized carbons (Fsp3) is 0.667. The van der Waals surface area contributed by atoms with Gasteiger partial charge in [-0.05, 0) is 13.8 Å². The number of rotatable bonds is 2. The predicted molar refractivity (Wildman–Crippen MR) is 40.6 cm³/mol. The molecule has 0 saturated carbocycles. The van der Waals surface area contributed by atoms with Gasteiger partial charge < -0.3 is 41.0 Å². The van der Waals surface area contributed by atoms with Crippen LogP contribution in [0.3, 0.4) is 0 Å². The first-order valence-corrected chi connectivity index (χ1v) is 3.06.